The molecule has 0 aromatic carbocycles. The number of aryl methyl sites for hydroxylation is 1. The lowest BCUT2D eigenvalue weighted by Gasteiger charge is -2.20. The maximum Gasteiger partial charge on any atom is 0.305 e. The van der Waals surface area contributed by atoms with E-state index in [1.165, 1.54) is 0 Å². The van der Waals surface area contributed by atoms with E-state index in [4.69, 9.17) is 5.11 Å². The molecule has 6 heteroatoms. The molecular formula is C12H19N3O3. The van der Waals surface area contributed by atoms with Crippen molar-refractivity contribution in [1.82, 2.24) is 14.9 Å². The fourth-order valence-corrected chi connectivity index (χ4v) is 1.62. The Morgan fingerprint density at radius 1 is 1.50 bits per heavy atom. The minimum absolute atomic E-state index is 0.0632. The van der Waals surface area contributed by atoms with Crippen LogP contribution in [0.25, 0.3) is 0 Å². The number of aromatic nitrogens is 2. The molecule has 1 amide bonds. The predicted octanol–water partition coefficient (Wildman–Crippen LogP) is 0.807. The van der Waals surface area contributed by atoms with Gasteiger partial charge in [-0.1, -0.05) is 13.8 Å². The molecule has 0 unspecified atom stereocenters. The van der Waals surface area contributed by atoms with E-state index in [1.54, 1.807) is 17.0 Å². The van der Waals surface area contributed by atoms with Crippen molar-refractivity contribution in [2.75, 3.05) is 0 Å². The Morgan fingerprint density at radius 2 is 2.17 bits per heavy atom. The third kappa shape index (κ3) is 4.20. The first-order valence-corrected chi connectivity index (χ1v) is 5.89. The molecule has 0 saturated carbocycles. The summed E-state index contributed by atoms with van der Waals surface area (Å²) in [5.74, 6) is -0.276. The van der Waals surface area contributed by atoms with Crippen molar-refractivity contribution in [2.24, 2.45) is 5.92 Å². The van der Waals surface area contributed by atoms with Crippen LogP contribution < -0.4 is 5.32 Å². The van der Waals surface area contributed by atoms with Crippen LogP contribution in [0.3, 0.4) is 0 Å². The van der Waals surface area contributed by atoms with Gasteiger partial charge in [-0.2, -0.15) is 0 Å². The quantitative estimate of drug-likeness (QED) is 0.785. The van der Waals surface area contributed by atoms with Gasteiger partial charge < -0.3 is 15.0 Å². The minimum Gasteiger partial charge on any atom is -0.481 e. The Morgan fingerprint density at radius 3 is 2.61 bits per heavy atom. The zero-order valence-corrected chi connectivity index (χ0v) is 10.9. The molecule has 6 nitrogen and oxygen atoms in total. The van der Waals surface area contributed by atoms with E-state index in [0.29, 0.717) is 0 Å². The number of carbonyl (C=O) groups excluding carboxylic acids is 1. The number of nitrogens with zero attached hydrogens (tertiary/aromatic N) is 2. The van der Waals surface area contributed by atoms with Gasteiger partial charge in [0.05, 0.1) is 6.42 Å². The Hall–Kier alpha value is -1.85. The number of carboxylic acids is 1. The average Bonchev–Trinajstić information content (AvgIpc) is 2.62. The molecular weight excluding hydrogens is 234 g/mol. The van der Waals surface area contributed by atoms with Gasteiger partial charge in [0, 0.05) is 18.4 Å². The van der Waals surface area contributed by atoms with Crippen LogP contribution in [0.5, 0.6) is 0 Å². The van der Waals surface area contributed by atoms with Gasteiger partial charge in [-0.15, -0.1) is 0 Å². The first kappa shape index (κ1) is 14.2. The van der Waals surface area contributed by atoms with Crippen molar-refractivity contribution in [3.05, 3.63) is 18.2 Å². The SMILES string of the molecule is Cc1nccn1CC(=O)N[C@H](CC(=O)O)C(C)C. The molecule has 1 aromatic rings. The van der Waals surface area contributed by atoms with Crippen molar-refractivity contribution < 1.29 is 14.7 Å². The van der Waals surface area contributed by atoms with Gasteiger partial charge in [-0.05, 0) is 12.8 Å². The summed E-state index contributed by atoms with van der Waals surface area (Å²) in [7, 11) is 0. The fraction of sp³-hybridized carbons (Fsp3) is 0.583. The summed E-state index contributed by atoms with van der Waals surface area (Å²) in [6.45, 7) is 5.74. The van der Waals surface area contributed by atoms with Gasteiger partial charge in [0.2, 0.25) is 5.91 Å². The molecule has 0 spiro atoms. The standard InChI is InChI=1S/C12H19N3O3/c1-8(2)10(6-12(17)18)14-11(16)7-15-5-4-13-9(15)3/h4-5,8,10H,6-7H2,1-3H3,(H,14,16)(H,17,18)/t10-/m1/s1. The topological polar surface area (TPSA) is 84.2 Å². The normalized spacial score (nSPS) is 12.4. The highest BCUT2D eigenvalue weighted by Crippen LogP contribution is 2.06. The Balaban J connectivity index is 2.56. The van der Waals surface area contributed by atoms with Crippen molar-refractivity contribution in [2.45, 2.75) is 39.8 Å². The summed E-state index contributed by atoms with van der Waals surface area (Å²) in [5.41, 5.74) is 0. The average molecular weight is 253 g/mol. The Kier molecular flexibility index (Phi) is 4.88. The third-order valence-corrected chi connectivity index (χ3v) is 2.78. The Bertz CT molecular complexity index is 426. The number of carboxylic acid groups (broad SMARTS) is 1. The van der Waals surface area contributed by atoms with Crippen molar-refractivity contribution in [1.29, 1.82) is 0 Å². The highest BCUT2D eigenvalue weighted by molar-refractivity contribution is 5.77. The molecule has 100 valence electrons. The van der Waals surface area contributed by atoms with Crippen LogP contribution in [0.2, 0.25) is 0 Å². The van der Waals surface area contributed by atoms with Crippen LogP contribution in [0.1, 0.15) is 26.1 Å². The molecule has 0 aliphatic rings. The summed E-state index contributed by atoms with van der Waals surface area (Å²) in [6.07, 6.45) is 3.28. The number of imidazole rings is 1. The van der Waals surface area contributed by atoms with Gasteiger partial charge in [0.1, 0.15) is 12.4 Å². The van der Waals surface area contributed by atoms with Crippen LogP contribution in [0, 0.1) is 12.8 Å². The number of hydrogen-bond acceptors (Lipinski definition) is 3. The van der Waals surface area contributed by atoms with Gasteiger partial charge in [-0.25, -0.2) is 4.98 Å². The second kappa shape index (κ2) is 6.18. The number of carbonyl (C=O) groups is 2. The second-order valence-corrected chi connectivity index (χ2v) is 4.62. The molecule has 18 heavy (non-hydrogen) atoms. The van der Waals surface area contributed by atoms with Crippen LogP contribution in [0.15, 0.2) is 12.4 Å². The smallest absolute Gasteiger partial charge is 0.305 e. The van der Waals surface area contributed by atoms with E-state index in [-0.39, 0.29) is 30.8 Å². The molecule has 1 aromatic heterocycles. The molecule has 1 atom stereocenters. The van der Waals surface area contributed by atoms with Crippen LogP contribution in [-0.2, 0) is 16.1 Å². The summed E-state index contributed by atoms with van der Waals surface area (Å²) in [4.78, 5) is 26.5. The monoisotopic (exact) mass is 253 g/mol. The number of nitrogens with one attached hydrogen (secondary N) is 1. The summed E-state index contributed by atoms with van der Waals surface area (Å²) < 4.78 is 1.72. The van der Waals surface area contributed by atoms with Gasteiger partial charge in [-0.3, -0.25) is 9.59 Å². The summed E-state index contributed by atoms with van der Waals surface area (Å²) in [5, 5.41) is 11.5. The molecule has 0 fully saturated rings. The van der Waals surface area contributed by atoms with Crippen molar-refractivity contribution in [3.8, 4) is 0 Å². The maximum absolute atomic E-state index is 11.8. The van der Waals surface area contributed by atoms with Crippen molar-refractivity contribution >= 4 is 11.9 Å². The molecule has 1 rings (SSSR count). The summed E-state index contributed by atoms with van der Waals surface area (Å²) in [6, 6.07) is -0.348. The molecule has 2 N–H and O–H groups in total. The lowest BCUT2D eigenvalue weighted by molar-refractivity contribution is -0.138. The maximum atomic E-state index is 11.8. The van der Waals surface area contributed by atoms with E-state index < -0.39 is 5.97 Å². The molecule has 0 radical (unpaired) electrons. The second-order valence-electron chi connectivity index (χ2n) is 4.62. The van der Waals surface area contributed by atoms with Gasteiger partial charge in [0.25, 0.3) is 0 Å². The third-order valence-electron chi connectivity index (χ3n) is 2.78. The number of hydrogen-bond donors (Lipinski definition) is 2. The van der Waals surface area contributed by atoms with E-state index in [0.717, 1.165) is 5.82 Å². The molecule has 0 bridgehead atoms. The largest absolute Gasteiger partial charge is 0.481 e. The highest BCUT2D eigenvalue weighted by atomic mass is 16.4. The zero-order chi connectivity index (χ0) is 13.7. The van der Waals surface area contributed by atoms with E-state index >= 15 is 0 Å². The number of rotatable bonds is 6. The minimum atomic E-state index is -0.909. The zero-order valence-electron chi connectivity index (χ0n) is 10.9. The molecule has 1 heterocycles. The molecule has 0 aliphatic carbocycles. The highest BCUT2D eigenvalue weighted by Gasteiger charge is 2.19. The number of aliphatic carboxylic acids is 1. The Labute approximate surface area is 106 Å². The molecule has 0 saturated heterocycles. The van der Waals surface area contributed by atoms with Gasteiger partial charge >= 0.3 is 5.97 Å². The molecule has 0 aliphatic heterocycles. The predicted molar refractivity (Wildman–Crippen MR) is 66.0 cm³/mol. The lowest BCUT2D eigenvalue weighted by atomic mass is 10.0. The van der Waals surface area contributed by atoms with E-state index in [2.05, 4.69) is 10.3 Å². The first-order valence-electron chi connectivity index (χ1n) is 5.89. The number of amides is 1. The lowest BCUT2D eigenvalue weighted by Crippen LogP contribution is -2.41. The van der Waals surface area contributed by atoms with Gasteiger partial charge in [0.15, 0.2) is 0 Å². The van der Waals surface area contributed by atoms with E-state index in [1.807, 2.05) is 20.8 Å². The van der Waals surface area contributed by atoms with Crippen LogP contribution in [0.4, 0.5) is 0 Å². The van der Waals surface area contributed by atoms with Crippen LogP contribution >= 0.6 is 0 Å². The van der Waals surface area contributed by atoms with Crippen molar-refractivity contribution in [3.63, 3.8) is 0 Å². The van der Waals surface area contributed by atoms with Crippen LogP contribution in [-0.4, -0.2) is 32.6 Å². The first-order chi connectivity index (χ1) is 8.40. The van der Waals surface area contributed by atoms with E-state index in [9.17, 15) is 9.59 Å². The summed E-state index contributed by atoms with van der Waals surface area (Å²) >= 11 is 0. The fourth-order valence-electron chi connectivity index (χ4n) is 1.62.